The fourth-order valence-corrected chi connectivity index (χ4v) is 4.57. The molecule has 2 aromatic carbocycles. The third kappa shape index (κ3) is 4.54. The molecule has 0 radical (unpaired) electrons. The lowest BCUT2D eigenvalue weighted by Gasteiger charge is -2.04. The van der Waals surface area contributed by atoms with Crippen LogP contribution in [0.1, 0.15) is 0 Å². The van der Waals surface area contributed by atoms with Gasteiger partial charge in [-0.05, 0) is 36.4 Å². The molecule has 0 aliphatic heterocycles. The predicted molar refractivity (Wildman–Crippen MR) is 105 cm³/mol. The standard InChI is InChI=1S/C17H16N2O4S3/c1-23-11-4-3-5-12(8-11)24-10-16(20)19-17-18-14-7-6-13(26(2,21)22)9-15(14)25-17/h3-9H,10H2,1-2H3,(H,18,19,20). The highest BCUT2D eigenvalue weighted by molar-refractivity contribution is 8.00. The van der Waals surface area contributed by atoms with E-state index in [0.717, 1.165) is 16.9 Å². The largest absolute Gasteiger partial charge is 0.497 e. The summed E-state index contributed by atoms with van der Waals surface area (Å²) in [5.41, 5.74) is 0.651. The zero-order valence-corrected chi connectivity index (χ0v) is 16.5. The van der Waals surface area contributed by atoms with E-state index in [-0.39, 0.29) is 16.6 Å². The van der Waals surface area contributed by atoms with Gasteiger partial charge in [-0.1, -0.05) is 17.4 Å². The molecule has 6 nitrogen and oxygen atoms in total. The summed E-state index contributed by atoms with van der Waals surface area (Å²) in [7, 11) is -1.68. The van der Waals surface area contributed by atoms with Gasteiger partial charge in [0.2, 0.25) is 5.91 Å². The molecule has 0 atom stereocenters. The van der Waals surface area contributed by atoms with E-state index in [0.29, 0.717) is 15.3 Å². The summed E-state index contributed by atoms with van der Waals surface area (Å²) in [6, 6.07) is 12.2. The van der Waals surface area contributed by atoms with Gasteiger partial charge in [-0.2, -0.15) is 0 Å². The highest BCUT2D eigenvalue weighted by Gasteiger charge is 2.12. The van der Waals surface area contributed by atoms with Crippen LogP contribution in [0.15, 0.2) is 52.3 Å². The van der Waals surface area contributed by atoms with Gasteiger partial charge in [-0.15, -0.1) is 11.8 Å². The fraction of sp³-hybridized carbons (Fsp3) is 0.176. The fourth-order valence-electron chi connectivity index (χ4n) is 2.18. The molecule has 136 valence electrons. The van der Waals surface area contributed by atoms with Crippen molar-refractivity contribution in [2.45, 2.75) is 9.79 Å². The van der Waals surface area contributed by atoms with Crippen LogP contribution in [0.4, 0.5) is 5.13 Å². The molecule has 0 saturated heterocycles. The first-order chi connectivity index (χ1) is 12.3. The Morgan fingerprint density at radius 3 is 2.81 bits per heavy atom. The lowest BCUT2D eigenvalue weighted by Crippen LogP contribution is -2.13. The molecule has 0 aliphatic rings. The molecular formula is C17H16N2O4S3. The van der Waals surface area contributed by atoms with Crippen LogP contribution < -0.4 is 10.1 Å². The Morgan fingerprint density at radius 2 is 2.08 bits per heavy atom. The van der Waals surface area contributed by atoms with E-state index in [1.165, 1.54) is 29.2 Å². The number of hydrogen-bond donors (Lipinski definition) is 1. The van der Waals surface area contributed by atoms with Crippen LogP contribution in [0, 0.1) is 0 Å². The SMILES string of the molecule is COc1cccc(SCC(=O)Nc2nc3ccc(S(C)(=O)=O)cc3s2)c1. The number of ether oxygens (including phenoxy) is 1. The van der Waals surface area contributed by atoms with Crippen molar-refractivity contribution in [2.75, 3.05) is 24.4 Å². The molecular weight excluding hydrogens is 392 g/mol. The number of aromatic nitrogens is 1. The maximum absolute atomic E-state index is 12.2. The van der Waals surface area contributed by atoms with E-state index in [1.54, 1.807) is 19.2 Å². The van der Waals surface area contributed by atoms with E-state index in [4.69, 9.17) is 4.74 Å². The normalized spacial score (nSPS) is 11.5. The number of thiazole rings is 1. The van der Waals surface area contributed by atoms with Gasteiger partial charge < -0.3 is 10.1 Å². The maximum Gasteiger partial charge on any atom is 0.236 e. The van der Waals surface area contributed by atoms with Crippen molar-refractivity contribution in [1.29, 1.82) is 0 Å². The van der Waals surface area contributed by atoms with Crippen molar-refractivity contribution in [3.8, 4) is 5.75 Å². The Hall–Kier alpha value is -2.10. The van der Waals surface area contributed by atoms with Crippen LogP contribution in [-0.4, -0.2) is 38.4 Å². The smallest absolute Gasteiger partial charge is 0.236 e. The van der Waals surface area contributed by atoms with Gasteiger partial charge in [0.15, 0.2) is 15.0 Å². The number of carbonyl (C=O) groups is 1. The Balaban J connectivity index is 1.67. The van der Waals surface area contributed by atoms with Crippen LogP contribution in [0.2, 0.25) is 0 Å². The lowest BCUT2D eigenvalue weighted by molar-refractivity contribution is -0.113. The zero-order chi connectivity index (χ0) is 18.7. The summed E-state index contributed by atoms with van der Waals surface area (Å²) < 4.78 is 29.1. The number of methoxy groups -OCH3 is 1. The molecule has 0 bridgehead atoms. The van der Waals surface area contributed by atoms with Gasteiger partial charge in [-0.3, -0.25) is 4.79 Å². The first-order valence-electron chi connectivity index (χ1n) is 7.52. The summed E-state index contributed by atoms with van der Waals surface area (Å²) >= 11 is 2.64. The van der Waals surface area contributed by atoms with Crippen LogP contribution in [0.25, 0.3) is 10.2 Å². The number of nitrogens with zero attached hydrogens (tertiary/aromatic N) is 1. The monoisotopic (exact) mass is 408 g/mol. The van der Waals surface area contributed by atoms with Crippen molar-refractivity contribution in [1.82, 2.24) is 4.98 Å². The minimum atomic E-state index is -3.28. The van der Waals surface area contributed by atoms with Gasteiger partial charge in [0, 0.05) is 11.2 Å². The van der Waals surface area contributed by atoms with Gasteiger partial charge in [0.25, 0.3) is 0 Å². The number of benzene rings is 2. The summed E-state index contributed by atoms with van der Waals surface area (Å²) in [5.74, 6) is 0.793. The number of fused-ring (bicyclic) bond motifs is 1. The topological polar surface area (TPSA) is 85.4 Å². The van der Waals surface area contributed by atoms with E-state index < -0.39 is 9.84 Å². The number of rotatable bonds is 6. The predicted octanol–water partition coefficient (Wildman–Crippen LogP) is 3.44. The second kappa shape index (κ2) is 7.65. The number of anilines is 1. The lowest BCUT2D eigenvalue weighted by atomic mass is 10.3. The van der Waals surface area contributed by atoms with Gasteiger partial charge in [-0.25, -0.2) is 13.4 Å². The zero-order valence-electron chi connectivity index (χ0n) is 14.1. The summed E-state index contributed by atoms with van der Waals surface area (Å²) in [4.78, 5) is 17.6. The van der Waals surface area contributed by atoms with Gasteiger partial charge >= 0.3 is 0 Å². The number of nitrogens with one attached hydrogen (secondary N) is 1. The van der Waals surface area contributed by atoms with Crippen molar-refractivity contribution < 1.29 is 17.9 Å². The van der Waals surface area contributed by atoms with Crippen LogP contribution in [-0.2, 0) is 14.6 Å². The van der Waals surface area contributed by atoms with Crippen molar-refractivity contribution in [2.24, 2.45) is 0 Å². The molecule has 0 spiro atoms. The summed E-state index contributed by atoms with van der Waals surface area (Å²) in [5, 5.41) is 3.20. The molecule has 1 heterocycles. The second-order valence-electron chi connectivity index (χ2n) is 5.44. The van der Waals surface area contributed by atoms with Gasteiger partial charge in [0.05, 0.1) is 28.0 Å². The molecule has 1 N–H and O–H groups in total. The third-order valence-corrected chi connectivity index (χ3v) is 6.48. The van der Waals surface area contributed by atoms with E-state index in [1.807, 2.05) is 24.3 Å². The molecule has 26 heavy (non-hydrogen) atoms. The van der Waals surface area contributed by atoms with E-state index in [2.05, 4.69) is 10.3 Å². The van der Waals surface area contributed by atoms with Crippen molar-refractivity contribution in [3.05, 3.63) is 42.5 Å². The van der Waals surface area contributed by atoms with E-state index in [9.17, 15) is 13.2 Å². The van der Waals surface area contributed by atoms with E-state index >= 15 is 0 Å². The Bertz CT molecular complexity index is 1060. The van der Waals surface area contributed by atoms with Crippen molar-refractivity contribution in [3.63, 3.8) is 0 Å². The molecule has 1 amide bonds. The van der Waals surface area contributed by atoms with Crippen LogP contribution in [0.3, 0.4) is 0 Å². The first-order valence-corrected chi connectivity index (χ1v) is 11.2. The minimum absolute atomic E-state index is 0.180. The molecule has 0 saturated carbocycles. The second-order valence-corrected chi connectivity index (χ2v) is 9.53. The quantitative estimate of drug-likeness (QED) is 0.629. The first kappa shape index (κ1) is 18.7. The molecule has 0 unspecified atom stereocenters. The van der Waals surface area contributed by atoms with Gasteiger partial charge in [0.1, 0.15) is 5.75 Å². The Labute approximate surface area is 159 Å². The minimum Gasteiger partial charge on any atom is -0.497 e. The average molecular weight is 409 g/mol. The third-order valence-electron chi connectivity index (χ3n) is 3.45. The molecule has 3 aromatic rings. The Morgan fingerprint density at radius 1 is 1.27 bits per heavy atom. The molecule has 9 heteroatoms. The summed E-state index contributed by atoms with van der Waals surface area (Å²) in [6.07, 6.45) is 1.16. The number of carbonyl (C=O) groups excluding carboxylic acids is 1. The number of amides is 1. The Kier molecular flexibility index (Phi) is 5.49. The number of hydrogen-bond acceptors (Lipinski definition) is 7. The maximum atomic E-state index is 12.2. The summed E-state index contributed by atoms with van der Waals surface area (Å²) in [6.45, 7) is 0. The van der Waals surface area contributed by atoms with Crippen molar-refractivity contribution >= 4 is 54.2 Å². The molecule has 3 rings (SSSR count). The van der Waals surface area contributed by atoms with Crippen LogP contribution >= 0.6 is 23.1 Å². The molecule has 0 aliphatic carbocycles. The average Bonchev–Trinajstić information content (AvgIpc) is 3.00. The number of thioether (sulfide) groups is 1. The highest BCUT2D eigenvalue weighted by atomic mass is 32.2. The molecule has 0 fully saturated rings. The molecule has 1 aromatic heterocycles. The van der Waals surface area contributed by atoms with Crippen LogP contribution in [0.5, 0.6) is 5.75 Å². The highest BCUT2D eigenvalue weighted by Crippen LogP contribution is 2.29. The number of sulfone groups is 1.